The molecule has 2 bridgehead atoms. The van der Waals surface area contributed by atoms with E-state index in [9.17, 15) is 5.11 Å². The van der Waals surface area contributed by atoms with Gasteiger partial charge in [-0.25, -0.2) is 0 Å². The van der Waals surface area contributed by atoms with E-state index in [1.165, 1.54) is 0 Å². The molecular formula is C9H13NO2. The molecule has 4 atom stereocenters. The highest BCUT2D eigenvalue weighted by atomic mass is 16.5. The average molecular weight is 167 g/mol. The number of hydrogen-bond donors (Lipinski definition) is 1. The van der Waals surface area contributed by atoms with Crippen molar-refractivity contribution in [2.24, 2.45) is 5.92 Å². The molecule has 4 unspecified atom stereocenters. The maximum absolute atomic E-state index is 10.1. The summed E-state index contributed by atoms with van der Waals surface area (Å²) in [5.74, 6) is 0.195. The van der Waals surface area contributed by atoms with E-state index in [1.54, 1.807) is 0 Å². The molecule has 0 aromatic carbocycles. The van der Waals surface area contributed by atoms with Crippen LogP contribution < -0.4 is 0 Å². The highest BCUT2D eigenvalue weighted by Gasteiger charge is 2.53. The van der Waals surface area contributed by atoms with Crippen molar-refractivity contribution in [2.75, 3.05) is 0 Å². The first-order chi connectivity index (χ1) is 5.66. The predicted molar refractivity (Wildman–Crippen MR) is 42.2 cm³/mol. The highest BCUT2D eigenvalue weighted by Crippen LogP contribution is 2.44. The zero-order valence-corrected chi connectivity index (χ0v) is 7.16. The molecule has 3 heteroatoms. The van der Waals surface area contributed by atoms with Gasteiger partial charge in [0.1, 0.15) is 5.60 Å². The average Bonchev–Trinajstić information content (AvgIpc) is 2.33. The van der Waals surface area contributed by atoms with E-state index < -0.39 is 11.7 Å². The van der Waals surface area contributed by atoms with Gasteiger partial charge in [0.2, 0.25) is 0 Å². The zero-order valence-electron chi connectivity index (χ0n) is 7.16. The monoisotopic (exact) mass is 167 g/mol. The minimum absolute atomic E-state index is 0.121. The van der Waals surface area contributed by atoms with E-state index >= 15 is 0 Å². The van der Waals surface area contributed by atoms with Crippen molar-refractivity contribution >= 4 is 0 Å². The van der Waals surface area contributed by atoms with Gasteiger partial charge in [-0.05, 0) is 18.8 Å². The van der Waals surface area contributed by atoms with Crippen LogP contribution in [0.5, 0.6) is 0 Å². The SMILES string of the molecule is CC1CCC2CC1(O)C(C#N)O2. The molecule has 2 rings (SSSR count). The van der Waals surface area contributed by atoms with Crippen LogP contribution in [0.25, 0.3) is 0 Å². The number of ether oxygens (including phenoxy) is 1. The van der Waals surface area contributed by atoms with Gasteiger partial charge in [-0.1, -0.05) is 6.92 Å². The number of nitriles is 1. The van der Waals surface area contributed by atoms with Crippen molar-refractivity contribution in [3.63, 3.8) is 0 Å². The molecule has 1 aliphatic heterocycles. The molecule has 0 radical (unpaired) electrons. The van der Waals surface area contributed by atoms with Gasteiger partial charge in [0.05, 0.1) is 12.2 Å². The van der Waals surface area contributed by atoms with E-state index in [-0.39, 0.29) is 12.0 Å². The van der Waals surface area contributed by atoms with Crippen molar-refractivity contribution in [2.45, 2.75) is 44.0 Å². The van der Waals surface area contributed by atoms with Gasteiger partial charge in [0, 0.05) is 6.42 Å². The maximum Gasteiger partial charge on any atom is 0.173 e. The summed E-state index contributed by atoms with van der Waals surface area (Å²) in [7, 11) is 0. The minimum atomic E-state index is -0.863. The lowest BCUT2D eigenvalue weighted by Crippen LogP contribution is -2.44. The molecule has 0 spiro atoms. The van der Waals surface area contributed by atoms with Gasteiger partial charge in [-0.2, -0.15) is 5.26 Å². The molecule has 1 saturated heterocycles. The third-order valence-corrected chi connectivity index (χ3v) is 3.23. The Kier molecular flexibility index (Phi) is 1.64. The van der Waals surface area contributed by atoms with Crippen LogP contribution in [0.15, 0.2) is 0 Å². The van der Waals surface area contributed by atoms with Crippen LogP contribution in [0.1, 0.15) is 26.2 Å². The number of fused-ring (bicyclic) bond motifs is 2. The van der Waals surface area contributed by atoms with E-state index in [2.05, 4.69) is 0 Å². The van der Waals surface area contributed by atoms with Crippen LogP contribution in [0.4, 0.5) is 0 Å². The molecular weight excluding hydrogens is 154 g/mol. The Morgan fingerprint density at radius 2 is 2.33 bits per heavy atom. The van der Waals surface area contributed by atoms with Gasteiger partial charge in [-0.3, -0.25) is 0 Å². The molecule has 1 aliphatic carbocycles. The first kappa shape index (κ1) is 8.03. The molecule has 2 aliphatic rings. The number of rotatable bonds is 0. The first-order valence-electron chi connectivity index (χ1n) is 4.44. The van der Waals surface area contributed by atoms with E-state index in [0.717, 1.165) is 12.8 Å². The molecule has 66 valence electrons. The van der Waals surface area contributed by atoms with Crippen LogP contribution in [-0.4, -0.2) is 22.9 Å². The molecule has 0 amide bonds. The van der Waals surface area contributed by atoms with Crippen molar-refractivity contribution in [1.29, 1.82) is 5.26 Å². The topological polar surface area (TPSA) is 53.2 Å². The fraction of sp³-hybridized carbons (Fsp3) is 0.889. The predicted octanol–water partition coefficient (Wildman–Crippen LogP) is 0.828. The highest BCUT2D eigenvalue weighted by molar-refractivity contribution is 5.11. The van der Waals surface area contributed by atoms with Crippen LogP contribution in [-0.2, 0) is 4.74 Å². The maximum atomic E-state index is 10.1. The summed E-state index contributed by atoms with van der Waals surface area (Å²) in [5, 5.41) is 18.9. The standard InChI is InChI=1S/C9H13NO2/c1-6-2-3-7-4-9(6,11)8(5-10)12-7/h6-8,11H,2-4H2,1H3. The van der Waals surface area contributed by atoms with Crippen LogP contribution >= 0.6 is 0 Å². The minimum Gasteiger partial charge on any atom is -0.386 e. The van der Waals surface area contributed by atoms with Crippen LogP contribution in [0, 0.1) is 17.2 Å². The molecule has 2 fully saturated rings. The third kappa shape index (κ3) is 0.886. The second-order valence-corrected chi connectivity index (χ2v) is 3.94. The quantitative estimate of drug-likeness (QED) is 0.581. The van der Waals surface area contributed by atoms with Crippen molar-refractivity contribution < 1.29 is 9.84 Å². The first-order valence-corrected chi connectivity index (χ1v) is 4.44. The molecule has 3 nitrogen and oxygen atoms in total. The Morgan fingerprint density at radius 1 is 1.58 bits per heavy atom. The van der Waals surface area contributed by atoms with E-state index in [0.29, 0.717) is 6.42 Å². The third-order valence-electron chi connectivity index (χ3n) is 3.23. The van der Waals surface area contributed by atoms with Crippen LogP contribution in [0.3, 0.4) is 0 Å². The second-order valence-electron chi connectivity index (χ2n) is 3.94. The summed E-state index contributed by atoms with van der Waals surface area (Å²) in [4.78, 5) is 0. The van der Waals surface area contributed by atoms with E-state index in [1.807, 2.05) is 13.0 Å². The fourth-order valence-electron chi connectivity index (χ4n) is 2.29. The largest absolute Gasteiger partial charge is 0.386 e. The van der Waals surface area contributed by atoms with Gasteiger partial charge in [0.15, 0.2) is 6.10 Å². The Morgan fingerprint density at radius 3 is 3.00 bits per heavy atom. The van der Waals surface area contributed by atoms with Gasteiger partial charge >= 0.3 is 0 Å². The van der Waals surface area contributed by atoms with E-state index in [4.69, 9.17) is 10.00 Å². The summed E-state index contributed by atoms with van der Waals surface area (Å²) >= 11 is 0. The number of aliphatic hydroxyl groups is 1. The lowest BCUT2D eigenvalue weighted by molar-refractivity contribution is -0.0447. The summed E-state index contributed by atoms with van der Waals surface area (Å²) in [6.07, 6.45) is 2.13. The zero-order chi connectivity index (χ0) is 8.77. The van der Waals surface area contributed by atoms with Gasteiger partial charge in [-0.15, -0.1) is 0 Å². The summed E-state index contributed by atoms with van der Waals surface area (Å²) in [5.41, 5.74) is -0.863. The molecule has 1 N–H and O–H groups in total. The number of hydrogen-bond acceptors (Lipinski definition) is 3. The Labute approximate surface area is 71.9 Å². The number of nitrogens with zero attached hydrogens (tertiary/aromatic N) is 1. The Hall–Kier alpha value is -0.590. The lowest BCUT2D eigenvalue weighted by Gasteiger charge is -2.33. The van der Waals surface area contributed by atoms with Crippen molar-refractivity contribution in [3.05, 3.63) is 0 Å². The molecule has 0 aromatic heterocycles. The molecule has 0 aromatic rings. The summed E-state index contributed by atoms with van der Waals surface area (Å²) < 4.78 is 5.40. The Bertz CT molecular complexity index is 235. The normalized spacial score (nSPS) is 51.9. The van der Waals surface area contributed by atoms with Crippen molar-refractivity contribution in [3.8, 4) is 6.07 Å². The molecule has 12 heavy (non-hydrogen) atoms. The fourth-order valence-corrected chi connectivity index (χ4v) is 2.29. The molecule has 1 saturated carbocycles. The van der Waals surface area contributed by atoms with Gasteiger partial charge in [0.25, 0.3) is 0 Å². The smallest absolute Gasteiger partial charge is 0.173 e. The van der Waals surface area contributed by atoms with Crippen molar-refractivity contribution in [1.82, 2.24) is 0 Å². The molecule has 1 heterocycles. The van der Waals surface area contributed by atoms with Gasteiger partial charge < -0.3 is 9.84 Å². The summed E-state index contributed by atoms with van der Waals surface area (Å²) in [6, 6.07) is 2.03. The summed E-state index contributed by atoms with van der Waals surface area (Å²) in [6.45, 7) is 2.00. The second kappa shape index (κ2) is 2.45. The lowest BCUT2D eigenvalue weighted by atomic mass is 9.75. The Balaban J connectivity index is 2.28. The van der Waals surface area contributed by atoms with Crippen LogP contribution in [0.2, 0.25) is 0 Å².